The minimum absolute atomic E-state index is 0.583. The Balaban J connectivity index is 1.58. The molecule has 2 N–H and O–H groups in total. The summed E-state index contributed by atoms with van der Waals surface area (Å²) >= 11 is 0. The van der Waals surface area contributed by atoms with Crippen molar-refractivity contribution in [3.8, 4) is 0 Å². The molecule has 2 aliphatic rings. The van der Waals surface area contributed by atoms with Gasteiger partial charge in [-0.05, 0) is 78.0 Å². The normalized spacial score (nSPS) is 20.7. The molecule has 0 spiro atoms. The second kappa shape index (κ2) is 14.2. The van der Waals surface area contributed by atoms with Gasteiger partial charge in [0.15, 0.2) is 5.96 Å². The molecule has 2 saturated heterocycles. The number of guanidine groups is 1. The van der Waals surface area contributed by atoms with E-state index in [1.165, 1.54) is 103 Å². The van der Waals surface area contributed by atoms with Crippen LogP contribution in [0.25, 0.3) is 0 Å². The number of likely N-dealkylation sites (tertiary alicyclic amines) is 2. The molecule has 0 atom stereocenters. The molecule has 0 saturated carbocycles. The van der Waals surface area contributed by atoms with Crippen molar-refractivity contribution in [2.75, 3.05) is 52.4 Å². The van der Waals surface area contributed by atoms with E-state index in [0.717, 1.165) is 19.0 Å². The highest BCUT2D eigenvalue weighted by atomic mass is 15.2. The Labute approximate surface area is 168 Å². The first-order valence-corrected chi connectivity index (χ1v) is 11.8. The van der Waals surface area contributed by atoms with Gasteiger partial charge in [0.05, 0.1) is 0 Å². The van der Waals surface area contributed by atoms with Gasteiger partial charge in [-0.3, -0.25) is 4.99 Å². The minimum Gasteiger partial charge on any atom is -0.357 e. The lowest BCUT2D eigenvalue weighted by Crippen LogP contribution is -2.48. The molecule has 0 unspecified atom stereocenters. The molecule has 2 heterocycles. The van der Waals surface area contributed by atoms with Gasteiger partial charge in [-0.1, -0.05) is 26.2 Å². The van der Waals surface area contributed by atoms with Gasteiger partial charge in [0, 0.05) is 32.2 Å². The molecule has 0 aliphatic carbocycles. The fourth-order valence-electron chi connectivity index (χ4n) is 4.19. The second-order valence-electron chi connectivity index (χ2n) is 8.34. The van der Waals surface area contributed by atoms with E-state index in [1.54, 1.807) is 0 Å². The smallest absolute Gasteiger partial charge is 0.191 e. The van der Waals surface area contributed by atoms with Crippen molar-refractivity contribution in [1.29, 1.82) is 0 Å². The van der Waals surface area contributed by atoms with Gasteiger partial charge < -0.3 is 20.4 Å². The van der Waals surface area contributed by atoms with Crippen LogP contribution in [0.1, 0.15) is 78.1 Å². The first kappa shape index (κ1) is 22.5. The summed E-state index contributed by atoms with van der Waals surface area (Å²) in [5.41, 5.74) is 0. The molecule has 158 valence electrons. The SMILES string of the molecule is CCCCN1CCC(NC(=NCCCCCN2CCCCC2)NCC)CC1. The first-order valence-electron chi connectivity index (χ1n) is 11.8. The highest BCUT2D eigenvalue weighted by Crippen LogP contribution is 2.12. The maximum atomic E-state index is 4.83. The summed E-state index contributed by atoms with van der Waals surface area (Å²) in [4.78, 5) is 10.1. The van der Waals surface area contributed by atoms with E-state index < -0.39 is 0 Å². The zero-order valence-electron chi connectivity index (χ0n) is 18.1. The molecule has 0 aromatic carbocycles. The van der Waals surface area contributed by atoms with Crippen LogP contribution >= 0.6 is 0 Å². The van der Waals surface area contributed by atoms with Gasteiger partial charge >= 0.3 is 0 Å². The van der Waals surface area contributed by atoms with Crippen LogP contribution in [0.15, 0.2) is 4.99 Å². The van der Waals surface area contributed by atoms with Crippen LogP contribution in [0.3, 0.4) is 0 Å². The fraction of sp³-hybridized carbons (Fsp3) is 0.955. The Kier molecular flexibility index (Phi) is 11.8. The molecule has 5 heteroatoms. The monoisotopic (exact) mass is 379 g/mol. The summed E-state index contributed by atoms with van der Waals surface area (Å²) in [7, 11) is 0. The second-order valence-corrected chi connectivity index (χ2v) is 8.34. The molecular weight excluding hydrogens is 334 g/mol. The molecule has 2 fully saturated rings. The van der Waals surface area contributed by atoms with Gasteiger partial charge in [0.1, 0.15) is 0 Å². The number of piperidine rings is 2. The van der Waals surface area contributed by atoms with Gasteiger partial charge in [-0.25, -0.2) is 0 Å². The Hall–Kier alpha value is -0.810. The Morgan fingerprint density at radius 2 is 1.56 bits per heavy atom. The van der Waals surface area contributed by atoms with Crippen LogP contribution in [0, 0.1) is 0 Å². The van der Waals surface area contributed by atoms with Crippen molar-refractivity contribution in [2.24, 2.45) is 4.99 Å². The summed E-state index contributed by atoms with van der Waals surface area (Å²) in [6, 6.07) is 0.583. The molecule has 27 heavy (non-hydrogen) atoms. The summed E-state index contributed by atoms with van der Waals surface area (Å²) in [5, 5.41) is 7.12. The predicted molar refractivity (Wildman–Crippen MR) is 118 cm³/mol. The summed E-state index contributed by atoms with van der Waals surface area (Å²) in [6.07, 6.45) is 13.2. The Morgan fingerprint density at radius 3 is 2.26 bits per heavy atom. The topological polar surface area (TPSA) is 42.9 Å². The summed E-state index contributed by atoms with van der Waals surface area (Å²) in [5.74, 6) is 1.03. The number of rotatable bonds is 11. The van der Waals surface area contributed by atoms with E-state index >= 15 is 0 Å². The highest BCUT2D eigenvalue weighted by Gasteiger charge is 2.19. The number of hydrogen-bond acceptors (Lipinski definition) is 3. The number of unbranched alkanes of at least 4 members (excludes halogenated alkanes) is 3. The van der Waals surface area contributed by atoms with E-state index in [-0.39, 0.29) is 0 Å². The molecule has 2 rings (SSSR count). The van der Waals surface area contributed by atoms with Gasteiger partial charge in [0.2, 0.25) is 0 Å². The van der Waals surface area contributed by atoms with Crippen molar-refractivity contribution in [1.82, 2.24) is 20.4 Å². The molecule has 0 aromatic heterocycles. The van der Waals surface area contributed by atoms with Crippen molar-refractivity contribution < 1.29 is 0 Å². The summed E-state index contributed by atoms with van der Waals surface area (Å²) < 4.78 is 0. The quantitative estimate of drug-likeness (QED) is 0.328. The predicted octanol–water partition coefficient (Wildman–Crippen LogP) is 3.46. The maximum Gasteiger partial charge on any atom is 0.191 e. The van der Waals surface area contributed by atoms with Gasteiger partial charge in [-0.15, -0.1) is 0 Å². The first-order chi connectivity index (χ1) is 13.3. The van der Waals surface area contributed by atoms with Crippen molar-refractivity contribution >= 4 is 5.96 Å². The van der Waals surface area contributed by atoms with Crippen molar-refractivity contribution in [2.45, 2.75) is 84.1 Å². The lowest BCUT2D eigenvalue weighted by molar-refractivity contribution is 0.203. The number of aliphatic imine (C=N–C) groups is 1. The van der Waals surface area contributed by atoms with Crippen LogP contribution in [0.2, 0.25) is 0 Å². The lowest BCUT2D eigenvalue weighted by Gasteiger charge is -2.33. The highest BCUT2D eigenvalue weighted by molar-refractivity contribution is 5.80. The minimum atomic E-state index is 0.583. The molecule has 0 bridgehead atoms. The lowest BCUT2D eigenvalue weighted by atomic mass is 10.0. The van der Waals surface area contributed by atoms with Gasteiger partial charge in [-0.2, -0.15) is 0 Å². The summed E-state index contributed by atoms with van der Waals surface area (Å²) in [6.45, 7) is 14.0. The van der Waals surface area contributed by atoms with E-state index in [2.05, 4.69) is 34.3 Å². The average Bonchev–Trinajstić information content (AvgIpc) is 2.71. The third-order valence-electron chi connectivity index (χ3n) is 5.95. The molecule has 0 radical (unpaired) electrons. The zero-order chi connectivity index (χ0) is 19.2. The van der Waals surface area contributed by atoms with E-state index in [0.29, 0.717) is 6.04 Å². The van der Waals surface area contributed by atoms with Crippen LogP contribution in [0.5, 0.6) is 0 Å². The molecule has 0 amide bonds. The number of nitrogens with one attached hydrogen (secondary N) is 2. The molecule has 2 aliphatic heterocycles. The molecule has 5 nitrogen and oxygen atoms in total. The van der Waals surface area contributed by atoms with Crippen molar-refractivity contribution in [3.05, 3.63) is 0 Å². The van der Waals surface area contributed by atoms with Gasteiger partial charge in [0.25, 0.3) is 0 Å². The number of nitrogens with zero attached hydrogens (tertiary/aromatic N) is 3. The van der Waals surface area contributed by atoms with E-state index in [9.17, 15) is 0 Å². The van der Waals surface area contributed by atoms with Crippen LogP contribution in [-0.2, 0) is 0 Å². The molecular formula is C22H45N5. The third-order valence-corrected chi connectivity index (χ3v) is 5.95. The van der Waals surface area contributed by atoms with Crippen molar-refractivity contribution in [3.63, 3.8) is 0 Å². The Bertz CT molecular complexity index is 384. The zero-order valence-corrected chi connectivity index (χ0v) is 18.1. The van der Waals surface area contributed by atoms with Crippen LogP contribution < -0.4 is 10.6 Å². The standard InChI is InChI=1S/C22H45N5/c1-3-5-15-27-19-12-21(13-20-27)25-22(23-4-2)24-14-8-6-9-16-26-17-10-7-11-18-26/h21H,3-20H2,1-2H3,(H2,23,24,25). The maximum absolute atomic E-state index is 4.83. The fourth-order valence-corrected chi connectivity index (χ4v) is 4.19. The number of hydrogen-bond donors (Lipinski definition) is 2. The van der Waals surface area contributed by atoms with E-state index in [1.807, 2.05) is 0 Å². The molecule has 0 aromatic rings. The van der Waals surface area contributed by atoms with E-state index in [4.69, 9.17) is 4.99 Å². The third kappa shape index (κ3) is 9.79. The average molecular weight is 380 g/mol. The largest absolute Gasteiger partial charge is 0.357 e. The Morgan fingerprint density at radius 1 is 0.852 bits per heavy atom. The van der Waals surface area contributed by atoms with Crippen LogP contribution in [-0.4, -0.2) is 74.2 Å². The van der Waals surface area contributed by atoms with Crippen LogP contribution in [0.4, 0.5) is 0 Å².